The molecule has 0 aliphatic carbocycles. The number of aromatic nitrogens is 2. The highest BCUT2D eigenvalue weighted by Gasteiger charge is 2.11. The van der Waals surface area contributed by atoms with Gasteiger partial charge in [0, 0.05) is 12.1 Å². The summed E-state index contributed by atoms with van der Waals surface area (Å²) in [6.07, 6.45) is 1.51. The van der Waals surface area contributed by atoms with Gasteiger partial charge >= 0.3 is 5.97 Å². The van der Waals surface area contributed by atoms with E-state index in [4.69, 9.17) is 5.11 Å². The average molecular weight is 275 g/mol. The monoisotopic (exact) mass is 274 g/mol. The Morgan fingerprint density at radius 3 is 2.80 bits per heavy atom. The second kappa shape index (κ2) is 5.30. The number of hydrogen-bond acceptors (Lipinski definition) is 2. The van der Waals surface area contributed by atoms with Crippen LogP contribution in [-0.4, -0.2) is 21.0 Å². The molecule has 1 aromatic rings. The summed E-state index contributed by atoms with van der Waals surface area (Å²) in [5.74, 6) is -0.259. The zero-order valence-electron chi connectivity index (χ0n) is 8.88. The molecule has 0 unspecified atom stereocenters. The van der Waals surface area contributed by atoms with E-state index in [9.17, 15) is 4.79 Å². The summed E-state index contributed by atoms with van der Waals surface area (Å²) in [4.78, 5) is 17.8. The molecule has 0 aromatic carbocycles. The molecule has 0 amide bonds. The maximum Gasteiger partial charge on any atom is 0.303 e. The molecule has 0 radical (unpaired) electrons. The minimum atomic E-state index is -0.787. The van der Waals surface area contributed by atoms with Gasteiger partial charge in [-0.15, -0.1) is 0 Å². The molecule has 5 heteroatoms. The average Bonchev–Trinajstić information content (AvgIpc) is 2.41. The van der Waals surface area contributed by atoms with Gasteiger partial charge in [-0.25, -0.2) is 4.98 Å². The standard InChI is InChI=1S/C10H15BrN2O2/c1-6(2)5-8-7(3-4-9(14)15)12-10(11)13-8/h6H,3-5H2,1-2H3,(H,12,13)(H,14,15). The largest absolute Gasteiger partial charge is 0.481 e. The normalized spacial score (nSPS) is 10.9. The third-order valence-electron chi connectivity index (χ3n) is 2.02. The number of aromatic amines is 1. The van der Waals surface area contributed by atoms with Gasteiger partial charge in [0.25, 0.3) is 0 Å². The quantitative estimate of drug-likeness (QED) is 0.867. The highest BCUT2D eigenvalue weighted by Crippen LogP contribution is 2.16. The van der Waals surface area contributed by atoms with Crippen molar-refractivity contribution in [2.75, 3.05) is 0 Å². The van der Waals surface area contributed by atoms with Gasteiger partial charge in [-0.05, 0) is 28.3 Å². The number of hydrogen-bond donors (Lipinski definition) is 2. The number of carboxylic acids is 1. The van der Waals surface area contributed by atoms with Crippen LogP contribution in [-0.2, 0) is 17.6 Å². The van der Waals surface area contributed by atoms with Crippen molar-refractivity contribution >= 4 is 21.9 Å². The molecule has 0 spiro atoms. The van der Waals surface area contributed by atoms with Gasteiger partial charge in [-0.1, -0.05) is 13.8 Å². The Labute approximate surface area is 97.2 Å². The zero-order chi connectivity index (χ0) is 11.4. The molecule has 4 nitrogen and oxygen atoms in total. The second-order valence-corrected chi connectivity index (χ2v) is 4.70. The van der Waals surface area contributed by atoms with Gasteiger partial charge in [0.2, 0.25) is 0 Å². The number of carbonyl (C=O) groups is 1. The molecule has 0 aliphatic heterocycles. The first-order chi connectivity index (χ1) is 6.99. The first kappa shape index (κ1) is 12.2. The number of halogens is 1. The lowest BCUT2D eigenvalue weighted by molar-refractivity contribution is -0.136. The maximum atomic E-state index is 10.5. The number of H-pyrrole nitrogens is 1. The maximum absolute atomic E-state index is 10.5. The molecule has 84 valence electrons. The Bertz CT molecular complexity index is 347. The van der Waals surface area contributed by atoms with Crippen molar-refractivity contribution in [1.82, 2.24) is 9.97 Å². The molecule has 2 N–H and O–H groups in total. The van der Waals surface area contributed by atoms with Crippen molar-refractivity contribution in [3.05, 3.63) is 16.1 Å². The van der Waals surface area contributed by atoms with Crippen molar-refractivity contribution in [1.29, 1.82) is 0 Å². The fourth-order valence-corrected chi connectivity index (χ4v) is 1.87. The van der Waals surface area contributed by atoms with Crippen LogP contribution in [0.15, 0.2) is 4.73 Å². The molecule has 0 saturated heterocycles. The summed E-state index contributed by atoms with van der Waals surface area (Å²) in [5.41, 5.74) is 1.90. The van der Waals surface area contributed by atoms with Crippen molar-refractivity contribution in [3.63, 3.8) is 0 Å². The molecular weight excluding hydrogens is 260 g/mol. The van der Waals surface area contributed by atoms with E-state index in [-0.39, 0.29) is 6.42 Å². The van der Waals surface area contributed by atoms with E-state index in [1.807, 2.05) is 0 Å². The molecule has 0 aliphatic rings. The lowest BCUT2D eigenvalue weighted by atomic mass is 10.1. The minimum absolute atomic E-state index is 0.127. The van der Waals surface area contributed by atoms with Gasteiger partial charge in [-0.2, -0.15) is 0 Å². The lowest BCUT2D eigenvalue weighted by Gasteiger charge is -2.04. The van der Waals surface area contributed by atoms with Crippen LogP contribution < -0.4 is 0 Å². The van der Waals surface area contributed by atoms with Crippen molar-refractivity contribution in [2.45, 2.75) is 33.1 Å². The highest BCUT2D eigenvalue weighted by molar-refractivity contribution is 9.10. The van der Waals surface area contributed by atoms with E-state index in [1.54, 1.807) is 0 Å². The number of nitrogens with zero attached hydrogens (tertiary/aromatic N) is 1. The van der Waals surface area contributed by atoms with E-state index in [2.05, 4.69) is 39.7 Å². The van der Waals surface area contributed by atoms with Crippen molar-refractivity contribution in [2.24, 2.45) is 5.92 Å². The van der Waals surface area contributed by atoms with Crippen LogP contribution in [0, 0.1) is 5.92 Å². The highest BCUT2D eigenvalue weighted by atomic mass is 79.9. The summed E-state index contributed by atoms with van der Waals surface area (Å²) in [6.45, 7) is 4.24. The van der Waals surface area contributed by atoms with Crippen LogP contribution in [0.2, 0.25) is 0 Å². The van der Waals surface area contributed by atoms with Gasteiger partial charge in [0.05, 0.1) is 12.1 Å². The van der Waals surface area contributed by atoms with E-state index < -0.39 is 5.97 Å². The first-order valence-corrected chi connectivity index (χ1v) is 5.73. The molecule has 15 heavy (non-hydrogen) atoms. The first-order valence-electron chi connectivity index (χ1n) is 4.94. The molecule has 1 rings (SSSR count). The van der Waals surface area contributed by atoms with Crippen LogP contribution in [0.4, 0.5) is 0 Å². The number of nitrogens with one attached hydrogen (secondary N) is 1. The summed E-state index contributed by atoms with van der Waals surface area (Å²) >= 11 is 3.27. The Morgan fingerprint density at radius 1 is 1.60 bits per heavy atom. The summed E-state index contributed by atoms with van der Waals surface area (Å²) in [5, 5.41) is 8.60. The zero-order valence-corrected chi connectivity index (χ0v) is 10.5. The molecular formula is C10H15BrN2O2. The summed E-state index contributed by atoms with van der Waals surface area (Å²) in [7, 11) is 0. The second-order valence-electron chi connectivity index (χ2n) is 3.94. The number of imidazole rings is 1. The van der Waals surface area contributed by atoms with Crippen LogP contribution in [0.25, 0.3) is 0 Å². The summed E-state index contributed by atoms with van der Waals surface area (Å²) in [6, 6.07) is 0. The Morgan fingerprint density at radius 2 is 2.27 bits per heavy atom. The Balaban J connectivity index is 2.72. The van der Waals surface area contributed by atoms with Gasteiger partial charge in [-0.3, -0.25) is 4.79 Å². The van der Waals surface area contributed by atoms with E-state index in [1.165, 1.54) is 0 Å². The number of rotatable bonds is 5. The molecule has 1 heterocycles. The lowest BCUT2D eigenvalue weighted by Crippen LogP contribution is -2.02. The number of aryl methyl sites for hydroxylation is 1. The van der Waals surface area contributed by atoms with E-state index in [0.717, 1.165) is 17.8 Å². The fourth-order valence-electron chi connectivity index (χ4n) is 1.42. The molecule has 0 fully saturated rings. The third-order valence-corrected chi connectivity index (χ3v) is 2.40. The molecule has 0 saturated carbocycles. The molecule has 1 aromatic heterocycles. The number of carboxylic acid groups (broad SMARTS) is 1. The van der Waals surface area contributed by atoms with Gasteiger partial charge in [0.1, 0.15) is 0 Å². The van der Waals surface area contributed by atoms with Crippen LogP contribution >= 0.6 is 15.9 Å². The van der Waals surface area contributed by atoms with Crippen LogP contribution in [0.1, 0.15) is 31.7 Å². The third kappa shape index (κ3) is 4.03. The number of aliphatic carboxylic acids is 1. The Hall–Kier alpha value is -0.840. The summed E-state index contributed by atoms with van der Waals surface area (Å²) < 4.78 is 0.679. The topological polar surface area (TPSA) is 66.0 Å². The SMILES string of the molecule is CC(C)Cc1[nH]c(Br)nc1CCC(=O)O. The van der Waals surface area contributed by atoms with Gasteiger partial charge < -0.3 is 10.1 Å². The van der Waals surface area contributed by atoms with E-state index >= 15 is 0 Å². The Kier molecular flexibility index (Phi) is 4.32. The fraction of sp³-hybridized carbons (Fsp3) is 0.600. The molecule has 0 atom stereocenters. The predicted molar refractivity (Wildman–Crippen MR) is 60.8 cm³/mol. The van der Waals surface area contributed by atoms with Crippen LogP contribution in [0.5, 0.6) is 0 Å². The minimum Gasteiger partial charge on any atom is -0.481 e. The van der Waals surface area contributed by atoms with Crippen molar-refractivity contribution in [3.8, 4) is 0 Å². The molecule has 0 bridgehead atoms. The smallest absolute Gasteiger partial charge is 0.303 e. The van der Waals surface area contributed by atoms with Gasteiger partial charge in [0.15, 0.2) is 4.73 Å². The van der Waals surface area contributed by atoms with Crippen molar-refractivity contribution < 1.29 is 9.90 Å². The van der Waals surface area contributed by atoms with Crippen LogP contribution in [0.3, 0.4) is 0 Å². The predicted octanol–water partition coefficient (Wildman–Crippen LogP) is 2.39. The van der Waals surface area contributed by atoms with E-state index in [0.29, 0.717) is 17.1 Å².